The number of piperazine rings is 1. The summed E-state index contributed by atoms with van der Waals surface area (Å²) < 4.78 is 0. The van der Waals surface area contributed by atoms with Crippen LogP contribution in [0.25, 0.3) is 12.2 Å². The quantitative estimate of drug-likeness (QED) is 0.839. The van der Waals surface area contributed by atoms with E-state index >= 15 is 0 Å². The Morgan fingerprint density at radius 2 is 2.14 bits per heavy atom. The van der Waals surface area contributed by atoms with Gasteiger partial charge in [-0.3, -0.25) is 4.79 Å². The van der Waals surface area contributed by atoms with E-state index in [4.69, 9.17) is 0 Å². The van der Waals surface area contributed by atoms with Crippen molar-refractivity contribution in [3.63, 3.8) is 0 Å². The van der Waals surface area contributed by atoms with Gasteiger partial charge in [-0.15, -0.1) is 0 Å². The maximum absolute atomic E-state index is 11.8. The number of amides is 1. The third-order valence-electron chi connectivity index (χ3n) is 4.70. The highest BCUT2D eigenvalue weighted by Crippen LogP contribution is 2.24. The molecule has 0 saturated carbocycles. The van der Waals surface area contributed by atoms with Crippen molar-refractivity contribution in [1.29, 1.82) is 0 Å². The Labute approximate surface area is 126 Å². The number of aromatic amines is 1. The van der Waals surface area contributed by atoms with Crippen molar-refractivity contribution in [3.8, 4) is 0 Å². The van der Waals surface area contributed by atoms with Crippen molar-refractivity contribution in [2.75, 3.05) is 24.5 Å². The molecule has 0 aromatic carbocycles. The molecule has 0 radical (unpaired) electrons. The first-order valence-corrected chi connectivity index (χ1v) is 7.81. The number of rotatable bonds is 1. The first kappa shape index (κ1) is 14.2. The first-order valence-electron chi connectivity index (χ1n) is 7.81. The lowest BCUT2D eigenvalue weighted by Gasteiger charge is -2.47. The summed E-state index contributed by atoms with van der Waals surface area (Å²) in [4.78, 5) is 19.6. The van der Waals surface area contributed by atoms with Crippen LogP contribution in [0.4, 0.5) is 5.69 Å². The van der Waals surface area contributed by atoms with Gasteiger partial charge in [0.2, 0.25) is 5.91 Å². The van der Waals surface area contributed by atoms with Gasteiger partial charge < -0.3 is 14.8 Å². The normalized spacial score (nSPS) is 24.1. The van der Waals surface area contributed by atoms with Gasteiger partial charge in [-0.2, -0.15) is 0 Å². The smallest absolute Gasteiger partial charge is 0.220 e. The van der Waals surface area contributed by atoms with Gasteiger partial charge >= 0.3 is 0 Å². The Balaban J connectivity index is 1.91. The largest absolute Gasteiger partial charge is 0.366 e. The zero-order chi connectivity index (χ0) is 15.2. The van der Waals surface area contributed by atoms with Gasteiger partial charge in [0.25, 0.3) is 0 Å². The average molecular weight is 287 g/mol. The molecule has 114 valence electrons. The lowest BCUT2D eigenvalue weighted by atomic mass is 9.97. The van der Waals surface area contributed by atoms with Crippen molar-refractivity contribution < 1.29 is 4.79 Å². The van der Waals surface area contributed by atoms with Crippen molar-refractivity contribution in [2.45, 2.75) is 39.7 Å². The molecule has 1 saturated heterocycles. The van der Waals surface area contributed by atoms with Crippen LogP contribution in [-0.4, -0.2) is 41.0 Å². The van der Waals surface area contributed by atoms with E-state index in [1.165, 1.54) is 16.3 Å². The van der Waals surface area contributed by atoms with Gasteiger partial charge in [-0.1, -0.05) is 19.1 Å². The van der Waals surface area contributed by atoms with Crippen LogP contribution in [0.3, 0.4) is 0 Å². The highest BCUT2D eigenvalue weighted by atomic mass is 16.2. The number of H-pyrrole nitrogens is 1. The summed E-state index contributed by atoms with van der Waals surface area (Å²) in [6.07, 6.45) is 7.88. The van der Waals surface area contributed by atoms with Crippen LogP contribution >= 0.6 is 0 Å². The van der Waals surface area contributed by atoms with Crippen LogP contribution < -0.4 is 15.5 Å². The van der Waals surface area contributed by atoms with E-state index in [1.807, 2.05) is 4.90 Å². The summed E-state index contributed by atoms with van der Waals surface area (Å²) in [5.41, 5.74) is 1.16. The highest BCUT2D eigenvalue weighted by Gasteiger charge is 2.35. The maximum atomic E-state index is 11.8. The Morgan fingerprint density at radius 3 is 2.81 bits per heavy atom. The average Bonchev–Trinajstić information content (AvgIpc) is 2.79. The lowest BCUT2D eigenvalue weighted by Crippen LogP contribution is -2.61. The molecule has 1 fully saturated rings. The van der Waals surface area contributed by atoms with E-state index in [0.717, 1.165) is 26.1 Å². The molecule has 1 amide bonds. The Hall–Kier alpha value is -1.71. The molecular weight excluding hydrogens is 262 g/mol. The van der Waals surface area contributed by atoms with Crippen LogP contribution in [0.2, 0.25) is 0 Å². The zero-order valence-electron chi connectivity index (χ0n) is 13.4. The highest BCUT2D eigenvalue weighted by molar-refractivity contribution is 5.74. The third-order valence-corrected chi connectivity index (χ3v) is 4.70. The number of anilines is 1. The van der Waals surface area contributed by atoms with Crippen molar-refractivity contribution >= 4 is 23.7 Å². The van der Waals surface area contributed by atoms with Gasteiger partial charge in [0.15, 0.2) is 0 Å². The monoisotopic (exact) mass is 287 g/mol. The van der Waals surface area contributed by atoms with Gasteiger partial charge in [-0.25, -0.2) is 0 Å². The summed E-state index contributed by atoms with van der Waals surface area (Å²) in [7, 11) is 0. The number of fused-ring (bicyclic) bond motifs is 1. The number of nitrogens with one attached hydrogen (secondary N) is 1. The standard InChI is InChI=1S/C17H25N3O/c1-12-5-6-14-15(9-12)18-10-16(14)19-7-8-20(13(2)21)17(3,4)11-19/h6,9-10,12,18H,5,7-8,11H2,1-4H3. The number of nitrogens with zero attached hydrogens (tertiary/aromatic N) is 2. The number of hydrogen-bond donors (Lipinski definition) is 1. The topological polar surface area (TPSA) is 39.3 Å². The van der Waals surface area contributed by atoms with E-state index in [2.05, 4.69) is 49.0 Å². The second-order valence-corrected chi connectivity index (χ2v) is 6.99. The van der Waals surface area contributed by atoms with Crippen molar-refractivity contribution in [3.05, 3.63) is 16.8 Å². The molecule has 1 aromatic rings. The SMILES string of the molecule is CC(=O)N1CCN(c2c[nH]c3c2=CCC(C)C=3)CC1(C)C. The fraction of sp³-hybridized carbons (Fsp3) is 0.588. The summed E-state index contributed by atoms with van der Waals surface area (Å²) >= 11 is 0. The van der Waals surface area contributed by atoms with Crippen LogP contribution in [-0.2, 0) is 4.79 Å². The molecule has 1 unspecified atom stereocenters. The second-order valence-electron chi connectivity index (χ2n) is 6.99. The van der Waals surface area contributed by atoms with E-state index in [-0.39, 0.29) is 11.4 Å². The van der Waals surface area contributed by atoms with Crippen molar-refractivity contribution in [2.24, 2.45) is 5.92 Å². The molecule has 0 spiro atoms. The minimum absolute atomic E-state index is 0.125. The van der Waals surface area contributed by atoms with Crippen LogP contribution in [0.15, 0.2) is 6.20 Å². The lowest BCUT2D eigenvalue weighted by molar-refractivity contribution is -0.134. The molecule has 1 N–H and O–H groups in total. The van der Waals surface area contributed by atoms with Gasteiger partial charge in [0.1, 0.15) is 0 Å². The fourth-order valence-corrected chi connectivity index (χ4v) is 3.65. The second kappa shape index (κ2) is 4.93. The molecule has 1 aliphatic heterocycles. The molecule has 21 heavy (non-hydrogen) atoms. The Morgan fingerprint density at radius 1 is 1.38 bits per heavy atom. The van der Waals surface area contributed by atoms with Gasteiger partial charge in [0, 0.05) is 43.3 Å². The number of carbonyl (C=O) groups is 1. The van der Waals surface area contributed by atoms with Crippen LogP contribution in [0.1, 0.15) is 34.1 Å². The summed E-state index contributed by atoms with van der Waals surface area (Å²) in [6, 6.07) is 0. The number of hydrogen-bond acceptors (Lipinski definition) is 2. The molecule has 0 bridgehead atoms. The molecule has 1 atom stereocenters. The summed E-state index contributed by atoms with van der Waals surface area (Å²) in [6.45, 7) is 10.8. The first-order chi connectivity index (χ1) is 9.88. The van der Waals surface area contributed by atoms with E-state index < -0.39 is 0 Å². The van der Waals surface area contributed by atoms with Gasteiger partial charge in [-0.05, 0) is 26.2 Å². The molecule has 2 heterocycles. The molecular formula is C17H25N3O. The number of aromatic nitrogens is 1. The van der Waals surface area contributed by atoms with E-state index in [1.54, 1.807) is 6.92 Å². The van der Waals surface area contributed by atoms with Crippen molar-refractivity contribution in [1.82, 2.24) is 9.88 Å². The molecule has 2 aliphatic rings. The zero-order valence-corrected chi connectivity index (χ0v) is 13.4. The molecule has 1 aromatic heterocycles. The van der Waals surface area contributed by atoms with Gasteiger partial charge in [0.05, 0.1) is 11.2 Å². The Bertz CT molecular complexity index is 671. The van der Waals surface area contributed by atoms with Crippen LogP contribution in [0.5, 0.6) is 0 Å². The number of carbonyl (C=O) groups excluding carboxylic acids is 1. The molecule has 4 heteroatoms. The molecule has 3 rings (SSSR count). The van der Waals surface area contributed by atoms with E-state index in [0.29, 0.717) is 5.92 Å². The molecule has 1 aliphatic carbocycles. The third kappa shape index (κ3) is 2.47. The Kier molecular flexibility index (Phi) is 3.34. The summed E-state index contributed by atoms with van der Waals surface area (Å²) in [5.74, 6) is 0.777. The minimum Gasteiger partial charge on any atom is -0.366 e. The summed E-state index contributed by atoms with van der Waals surface area (Å²) in [5, 5.41) is 2.58. The minimum atomic E-state index is -0.125. The fourth-order valence-electron chi connectivity index (χ4n) is 3.65. The predicted molar refractivity (Wildman–Crippen MR) is 86.4 cm³/mol. The predicted octanol–water partition coefficient (Wildman–Crippen LogP) is 1.06. The maximum Gasteiger partial charge on any atom is 0.220 e. The molecule has 4 nitrogen and oxygen atoms in total. The van der Waals surface area contributed by atoms with Crippen LogP contribution in [0, 0.1) is 5.92 Å². The van der Waals surface area contributed by atoms with E-state index in [9.17, 15) is 4.79 Å².